The molecule has 0 bridgehead atoms. The Morgan fingerprint density at radius 2 is 1.76 bits per heavy atom. The summed E-state index contributed by atoms with van der Waals surface area (Å²) >= 11 is 1.46. The van der Waals surface area contributed by atoms with E-state index >= 15 is 0 Å². The number of thiazole rings is 1. The number of nitrogens with zero attached hydrogens (tertiary/aromatic N) is 1. The largest absolute Gasteiger partial charge is 0.507 e. The fourth-order valence-electron chi connectivity index (χ4n) is 4.18. The fraction of sp³-hybridized carbons (Fsp3) is 0.130. The molecule has 2 aromatic carbocycles. The highest BCUT2D eigenvalue weighted by Crippen LogP contribution is 2.55. The van der Waals surface area contributed by atoms with Crippen molar-refractivity contribution in [1.82, 2.24) is 4.98 Å². The number of hydrogen-bond acceptors (Lipinski definition) is 6. The molecule has 1 N–H and O–H groups in total. The van der Waals surface area contributed by atoms with Gasteiger partial charge in [-0.3, -0.25) is 4.79 Å². The third-order valence-electron chi connectivity index (χ3n) is 5.32. The van der Waals surface area contributed by atoms with Gasteiger partial charge in [-0.25, -0.2) is 4.98 Å². The van der Waals surface area contributed by atoms with Crippen LogP contribution >= 0.6 is 11.3 Å². The number of fused-ring (bicyclic) bond motifs is 4. The molecule has 2 aliphatic rings. The first-order valence-electron chi connectivity index (χ1n) is 9.06. The van der Waals surface area contributed by atoms with Crippen LogP contribution in [-0.4, -0.2) is 30.1 Å². The second-order valence-electron chi connectivity index (χ2n) is 6.91. The minimum atomic E-state index is -0.189. The molecule has 0 amide bonds. The number of ketones is 1. The van der Waals surface area contributed by atoms with Gasteiger partial charge < -0.3 is 14.6 Å². The summed E-state index contributed by atoms with van der Waals surface area (Å²) in [4.78, 5) is 18.2. The summed E-state index contributed by atoms with van der Waals surface area (Å²) in [6, 6.07) is 9.14. The van der Waals surface area contributed by atoms with Crippen LogP contribution in [0.15, 0.2) is 47.5 Å². The van der Waals surface area contributed by atoms with Crippen molar-refractivity contribution >= 4 is 34.0 Å². The highest BCUT2D eigenvalue weighted by atomic mass is 32.1. The number of methoxy groups -OCH3 is 2. The van der Waals surface area contributed by atoms with E-state index < -0.39 is 0 Å². The maximum Gasteiger partial charge on any atom is 0.199 e. The first-order chi connectivity index (χ1) is 14.1. The van der Waals surface area contributed by atoms with E-state index in [1.165, 1.54) is 18.4 Å². The first-order valence-corrected chi connectivity index (χ1v) is 9.94. The highest BCUT2D eigenvalue weighted by Gasteiger charge is 2.42. The normalized spacial score (nSPS) is 14.7. The smallest absolute Gasteiger partial charge is 0.199 e. The lowest BCUT2D eigenvalue weighted by molar-refractivity contribution is 0.103. The van der Waals surface area contributed by atoms with E-state index in [1.54, 1.807) is 31.5 Å². The van der Waals surface area contributed by atoms with Crippen LogP contribution in [0.5, 0.6) is 11.5 Å². The van der Waals surface area contributed by atoms with Crippen LogP contribution in [0.2, 0.25) is 0 Å². The van der Waals surface area contributed by atoms with Gasteiger partial charge in [0, 0.05) is 39.4 Å². The zero-order valence-electron chi connectivity index (χ0n) is 16.1. The Kier molecular flexibility index (Phi) is 3.86. The molecule has 5 nitrogen and oxygen atoms in total. The number of benzene rings is 2. The third-order valence-corrected chi connectivity index (χ3v) is 6.11. The molecule has 0 radical (unpaired) electrons. The third kappa shape index (κ3) is 2.32. The van der Waals surface area contributed by atoms with Crippen molar-refractivity contribution in [3.05, 3.63) is 80.3 Å². The van der Waals surface area contributed by atoms with Crippen molar-refractivity contribution in [2.45, 2.75) is 6.92 Å². The summed E-state index contributed by atoms with van der Waals surface area (Å²) < 4.78 is 11.1. The van der Waals surface area contributed by atoms with Crippen molar-refractivity contribution in [1.29, 1.82) is 0 Å². The Hall–Kier alpha value is -3.38. The Morgan fingerprint density at radius 1 is 0.966 bits per heavy atom. The summed E-state index contributed by atoms with van der Waals surface area (Å²) in [6.45, 7) is 1.97. The van der Waals surface area contributed by atoms with Gasteiger partial charge in [0.15, 0.2) is 5.78 Å². The SMILES string of the molecule is COc1cccc2c1C(=O)C1=C(c3nccs3)c3cc(C)cc(OC)c3C1=C2O. The summed E-state index contributed by atoms with van der Waals surface area (Å²) in [5, 5.41) is 13.9. The number of ether oxygens (including phenoxy) is 2. The highest BCUT2D eigenvalue weighted by molar-refractivity contribution is 7.10. The number of aliphatic hydroxyl groups excluding tert-OH is 1. The predicted octanol–water partition coefficient (Wildman–Crippen LogP) is 4.91. The van der Waals surface area contributed by atoms with E-state index in [0.29, 0.717) is 33.8 Å². The van der Waals surface area contributed by atoms with Gasteiger partial charge in [0.05, 0.1) is 19.8 Å². The number of rotatable bonds is 3. The van der Waals surface area contributed by atoms with Gasteiger partial charge in [0.1, 0.15) is 22.3 Å². The van der Waals surface area contributed by atoms with Gasteiger partial charge in [-0.15, -0.1) is 11.3 Å². The molecule has 0 saturated heterocycles. The quantitative estimate of drug-likeness (QED) is 0.673. The summed E-state index contributed by atoms with van der Waals surface area (Å²) in [7, 11) is 3.11. The van der Waals surface area contributed by atoms with Crippen molar-refractivity contribution in [3.8, 4) is 11.5 Å². The molecule has 5 rings (SSSR count). The topological polar surface area (TPSA) is 68.7 Å². The van der Waals surface area contributed by atoms with Gasteiger partial charge >= 0.3 is 0 Å². The standard InChI is InChI=1S/C23H17NO4S/c1-11-9-13-16(15(10-11)28-3)19-20(18(13)23-24-7-8-29-23)22(26)17-12(21(19)25)5-4-6-14(17)27-2/h4-10,25H,1-3H3. The average molecular weight is 403 g/mol. The second kappa shape index (κ2) is 6.32. The van der Waals surface area contributed by atoms with Crippen LogP contribution in [0.1, 0.15) is 37.6 Å². The van der Waals surface area contributed by atoms with E-state index in [-0.39, 0.29) is 11.5 Å². The van der Waals surface area contributed by atoms with Crippen LogP contribution in [0.25, 0.3) is 16.9 Å². The fourth-order valence-corrected chi connectivity index (χ4v) is 4.88. The number of allylic oxidation sites excluding steroid dienone is 2. The number of Topliss-reactive ketones (excluding diaryl/α,β-unsaturated/α-hetero) is 1. The Balaban J connectivity index is 1.96. The maximum absolute atomic E-state index is 13.7. The van der Waals surface area contributed by atoms with E-state index in [4.69, 9.17) is 9.47 Å². The molecule has 29 heavy (non-hydrogen) atoms. The van der Waals surface area contributed by atoms with Crippen molar-refractivity contribution in [2.24, 2.45) is 0 Å². The molecular formula is C23H17NO4S. The van der Waals surface area contributed by atoms with Gasteiger partial charge in [0.25, 0.3) is 0 Å². The van der Waals surface area contributed by atoms with E-state index in [1.807, 2.05) is 24.4 Å². The summed E-state index contributed by atoms with van der Waals surface area (Å²) in [6.07, 6.45) is 1.71. The summed E-state index contributed by atoms with van der Waals surface area (Å²) in [5.74, 6) is 0.905. The molecule has 6 heteroatoms. The molecule has 2 aliphatic carbocycles. The van der Waals surface area contributed by atoms with E-state index in [0.717, 1.165) is 27.3 Å². The number of hydrogen-bond donors (Lipinski definition) is 1. The van der Waals surface area contributed by atoms with Gasteiger partial charge in [-0.2, -0.15) is 0 Å². The van der Waals surface area contributed by atoms with Gasteiger partial charge in [-0.1, -0.05) is 18.2 Å². The minimum Gasteiger partial charge on any atom is -0.507 e. The Labute approximate surface area is 171 Å². The van der Waals surface area contributed by atoms with E-state index in [2.05, 4.69) is 4.98 Å². The Morgan fingerprint density at radius 3 is 2.45 bits per heavy atom. The van der Waals surface area contributed by atoms with Crippen LogP contribution in [0, 0.1) is 6.92 Å². The molecular weight excluding hydrogens is 386 g/mol. The van der Waals surface area contributed by atoms with Crippen LogP contribution < -0.4 is 9.47 Å². The molecule has 1 aromatic heterocycles. The first kappa shape index (κ1) is 17.7. The zero-order valence-corrected chi connectivity index (χ0v) is 16.9. The maximum atomic E-state index is 13.7. The van der Waals surface area contributed by atoms with Crippen LogP contribution in [0.3, 0.4) is 0 Å². The molecule has 1 heterocycles. The summed E-state index contributed by atoms with van der Waals surface area (Å²) in [5.41, 5.74) is 5.04. The van der Waals surface area contributed by atoms with E-state index in [9.17, 15) is 9.90 Å². The molecule has 0 fully saturated rings. The minimum absolute atomic E-state index is 0.0449. The second-order valence-corrected chi connectivity index (χ2v) is 7.81. The number of aliphatic hydroxyl groups is 1. The van der Waals surface area contributed by atoms with Gasteiger partial charge in [-0.05, 0) is 30.2 Å². The number of carbonyl (C=O) groups excluding carboxylic acids is 1. The molecule has 0 atom stereocenters. The van der Waals surface area contributed by atoms with Crippen LogP contribution in [-0.2, 0) is 0 Å². The average Bonchev–Trinajstić information content (AvgIpc) is 3.36. The van der Waals surface area contributed by atoms with Crippen molar-refractivity contribution < 1.29 is 19.4 Å². The van der Waals surface area contributed by atoms with Crippen molar-refractivity contribution in [3.63, 3.8) is 0 Å². The monoisotopic (exact) mass is 403 g/mol. The molecule has 0 unspecified atom stereocenters. The number of aromatic nitrogens is 1. The number of aryl methyl sites for hydroxylation is 1. The molecule has 0 saturated carbocycles. The lowest BCUT2D eigenvalue weighted by Gasteiger charge is -2.22. The number of carbonyl (C=O) groups is 1. The molecule has 0 aliphatic heterocycles. The lowest BCUT2D eigenvalue weighted by Crippen LogP contribution is -2.15. The van der Waals surface area contributed by atoms with Crippen LogP contribution in [0.4, 0.5) is 0 Å². The molecule has 0 spiro atoms. The Bertz CT molecular complexity index is 1250. The molecule has 144 valence electrons. The lowest BCUT2D eigenvalue weighted by atomic mass is 9.84. The molecule has 3 aromatic rings. The van der Waals surface area contributed by atoms with Crippen molar-refractivity contribution in [2.75, 3.05) is 14.2 Å². The predicted molar refractivity (Wildman–Crippen MR) is 113 cm³/mol. The zero-order chi connectivity index (χ0) is 20.3. The van der Waals surface area contributed by atoms with Gasteiger partial charge in [0.2, 0.25) is 0 Å².